The molecule has 3 heteroatoms. The zero-order chi connectivity index (χ0) is 26.8. The molecule has 0 amide bonds. The summed E-state index contributed by atoms with van der Waals surface area (Å²) in [5.74, 6) is 2.43. The highest BCUT2D eigenvalue weighted by molar-refractivity contribution is 6.74. The summed E-state index contributed by atoms with van der Waals surface area (Å²) < 4.78 is 12.8. The van der Waals surface area contributed by atoms with Gasteiger partial charge in [0.05, 0.1) is 6.26 Å². The Bertz CT molecular complexity index is 1280. The van der Waals surface area contributed by atoms with Crippen LogP contribution >= 0.6 is 0 Å². The predicted octanol–water partition coefficient (Wildman–Crippen LogP) is 9.77. The second kappa shape index (κ2) is 11.0. The molecule has 0 aliphatic heterocycles. The molecule has 0 heterocycles. The molecule has 0 radical (unpaired) electrons. The highest BCUT2D eigenvalue weighted by atomic mass is 28.4. The van der Waals surface area contributed by atoms with Crippen LogP contribution in [0.5, 0.6) is 5.75 Å². The van der Waals surface area contributed by atoms with Crippen LogP contribution in [0.25, 0.3) is 5.57 Å². The SMILES string of the molecule is CC(C)(C)[Si](C)(C)Oc1cccc(COC=C2CCC3CC2C(c2ccccc2)C=C3c2ccccc2)c1. The Morgan fingerprint density at radius 1 is 0.895 bits per heavy atom. The van der Waals surface area contributed by atoms with Gasteiger partial charge < -0.3 is 9.16 Å². The van der Waals surface area contributed by atoms with Gasteiger partial charge in [-0.3, -0.25) is 0 Å². The van der Waals surface area contributed by atoms with Gasteiger partial charge in [0.1, 0.15) is 12.4 Å². The van der Waals surface area contributed by atoms with Crippen LogP contribution in [-0.2, 0) is 11.3 Å². The van der Waals surface area contributed by atoms with Crippen LogP contribution < -0.4 is 4.43 Å². The van der Waals surface area contributed by atoms with E-state index in [2.05, 4.69) is 131 Å². The Kier molecular flexibility index (Phi) is 7.67. The van der Waals surface area contributed by atoms with E-state index in [1.54, 1.807) is 0 Å². The molecule has 3 aromatic carbocycles. The molecule has 198 valence electrons. The van der Waals surface area contributed by atoms with Crippen molar-refractivity contribution < 1.29 is 9.16 Å². The van der Waals surface area contributed by atoms with E-state index in [1.807, 2.05) is 0 Å². The van der Waals surface area contributed by atoms with Crippen LogP contribution in [0.3, 0.4) is 0 Å². The molecule has 0 aromatic heterocycles. The fourth-order valence-electron chi connectivity index (χ4n) is 5.71. The first-order chi connectivity index (χ1) is 18.2. The van der Waals surface area contributed by atoms with Crippen molar-refractivity contribution in [3.05, 3.63) is 120 Å². The molecule has 2 nitrogen and oxygen atoms in total. The molecule has 3 aromatic rings. The van der Waals surface area contributed by atoms with Crippen LogP contribution in [0.1, 0.15) is 62.6 Å². The number of rotatable bonds is 7. The third-order valence-corrected chi connectivity index (χ3v) is 13.2. The molecule has 2 aliphatic rings. The summed E-state index contributed by atoms with van der Waals surface area (Å²) >= 11 is 0. The third-order valence-electron chi connectivity index (χ3n) is 8.88. The van der Waals surface area contributed by atoms with E-state index in [-0.39, 0.29) is 5.04 Å². The van der Waals surface area contributed by atoms with Crippen molar-refractivity contribution in [3.8, 4) is 5.75 Å². The van der Waals surface area contributed by atoms with Gasteiger partial charge in [-0.2, -0.15) is 0 Å². The Balaban J connectivity index is 1.34. The Morgan fingerprint density at radius 3 is 2.32 bits per heavy atom. The fourth-order valence-corrected chi connectivity index (χ4v) is 6.73. The Morgan fingerprint density at radius 2 is 1.61 bits per heavy atom. The van der Waals surface area contributed by atoms with Crippen molar-refractivity contribution >= 4 is 13.9 Å². The second-order valence-electron chi connectivity index (χ2n) is 12.5. The van der Waals surface area contributed by atoms with Crippen molar-refractivity contribution in [2.24, 2.45) is 11.8 Å². The van der Waals surface area contributed by atoms with Gasteiger partial charge >= 0.3 is 0 Å². The number of allylic oxidation sites excluding steroid dienone is 3. The normalized spacial score (nSPS) is 22.6. The van der Waals surface area contributed by atoms with Crippen LogP contribution in [0.4, 0.5) is 0 Å². The van der Waals surface area contributed by atoms with E-state index in [0.29, 0.717) is 24.4 Å². The average Bonchev–Trinajstić information content (AvgIpc) is 2.90. The molecule has 1 saturated carbocycles. The minimum absolute atomic E-state index is 0.173. The molecular weight excluding hydrogens is 480 g/mol. The van der Waals surface area contributed by atoms with Crippen molar-refractivity contribution in [2.45, 2.75) is 70.7 Å². The van der Waals surface area contributed by atoms with E-state index in [4.69, 9.17) is 9.16 Å². The lowest BCUT2D eigenvalue weighted by atomic mass is 9.63. The van der Waals surface area contributed by atoms with Crippen LogP contribution in [0, 0.1) is 11.8 Å². The summed E-state index contributed by atoms with van der Waals surface area (Å²) in [6.07, 6.45) is 8.10. The Labute approximate surface area is 230 Å². The zero-order valence-corrected chi connectivity index (χ0v) is 24.6. The first kappa shape index (κ1) is 26.6. The molecule has 0 saturated heterocycles. The fraction of sp³-hybridized carbons (Fsp3) is 0.371. The average molecular weight is 523 g/mol. The molecule has 3 unspecified atom stereocenters. The van der Waals surface area contributed by atoms with Gasteiger partial charge in [-0.1, -0.05) is 99.6 Å². The van der Waals surface area contributed by atoms with Crippen molar-refractivity contribution in [1.29, 1.82) is 0 Å². The number of benzene rings is 3. The summed E-state index contributed by atoms with van der Waals surface area (Å²) in [5, 5.41) is 0.173. The van der Waals surface area contributed by atoms with Crippen LogP contribution in [-0.4, -0.2) is 8.32 Å². The number of hydrogen-bond donors (Lipinski definition) is 0. The van der Waals surface area contributed by atoms with Crippen LogP contribution in [0.15, 0.2) is 103 Å². The highest BCUT2D eigenvalue weighted by Gasteiger charge is 2.39. The van der Waals surface area contributed by atoms with Gasteiger partial charge in [0.25, 0.3) is 0 Å². The van der Waals surface area contributed by atoms with Gasteiger partial charge in [-0.05, 0) is 89.2 Å². The minimum atomic E-state index is -1.87. The lowest BCUT2D eigenvalue weighted by molar-refractivity contribution is 0.221. The third kappa shape index (κ3) is 5.83. The maximum absolute atomic E-state index is 6.53. The standard InChI is InChI=1S/C35H42O2Si/c1-35(2,3)38(4,5)37-31-18-12-13-26(21-31)24-36-25-30-20-19-29-22-33(30)34(28-16-10-7-11-17-28)23-32(29)27-14-8-6-9-15-27/h6-18,21,23,25,29,33-34H,19-20,22,24H2,1-5H3. The van der Waals surface area contributed by atoms with E-state index in [9.17, 15) is 0 Å². The molecule has 2 bridgehead atoms. The number of ether oxygens (including phenoxy) is 1. The van der Waals surface area contributed by atoms with Crippen LogP contribution in [0.2, 0.25) is 18.1 Å². The summed E-state index contributed by atoms with van der Waals surface area (Å²) in [4.78, 5) is 0. The lowest BCUT2D eigenvalue weighted by Gasteiger charge is -2.41. The smallest absolute Gasteiger partial charge is 0.250 e. The molecule has 5 rings (SSSR count). The maximum Gasteiger partial charge on any atom is 0.250 e. The van der Waals surface area contributed by atoms with E-state index in [0.717, 1.165) is 17.7 Å². The van der Waals surface area contributed by atoms with Gasteiger partial charge in [-0.15, -0.1) is 0 Å². The molecule has 0 N–H and O–H groups in total. The van der Waals surface area contributed by atoms with Gasteiger partial charge in [0.15, 0.2) is 0 Å². The lowest BCUT2D eigenvalue weighted by Crippen LogP contribution is -2.43. The highest BCUT2D eigenvalue weighted by Crippen LogP contribution is 2.51. The summed E-state index contributed by atoms with van der Waals surface area (Å²) in [6, 6.07) is 30.4. The number of hydrogen-bond acceptors (Lipinski definition) is 2. The van der Waals surface area contributed by atoms with Gasteiger partial charge in [0, 0.05) is 5.92 Å². The van der Waals surface area contributed by atoms with Crippen molar-refractivity contribution in [3.63, 3.8) is 0 Å². The molecule has 1 fully saturated rings. The summed E-state index contributed by atoms with van der Waals surface area (Å²) in [6.45, 7) is 12.0. The summed E-state index contributed by atoms with van der Waals surface area (Å²) in [5.41, 5.74) is 6.90. The van der Waals surface area contributed by atoms with E-state index >= 15 is 0 Å². The van der Waals surface area contributed by atoms with Gasteiger partial charge in [-0.25, -0.2) is 0 Å². The molecule has 3 atom stereocenters. The van der Waals surface area contributed by atoms with E-state index < -0.39 is 8.32 Å². The summed E-state index contributed by atoms with van der Waals surface area (Å²) in [7, 11) is -1.87. The zero-order valence-electron chi connectivity index (χ0n) is 23.6. The quantitative estimate of drug-likeness (QED) is 0.227. The molecular formula is C35H42O2Si. The molecule has 2 aliphatic carbocycles. The van der Waals surface area contributed by atoms with Crippen molar-refractivity contribution in [1.82, 2.24) is 0 Å². The largest absolute Gasteiger partial charge is 0.543 e. The predicted molar refractivity (Wildman–Crippen MR) is 162 cm³/mol. The topological polar surface area (TPSA) is 18.5 Å². The van der Waals surface area contributed by atoms with E-state index in [1.165, 1.54) is 35.1 Å². The van der Waals surface area contributed by atoms with Crippen molar-refractivity contribution in [2.75, 3.05) is 0 Å². The van der Waals surface area contributed by atoms with Gasteiger partial charge in [0.2, 0.25) is 8.32 Å². The number of fused-ring (bicyclic) bond motifs is 2. The molecule has 0 spiro atoms. The first-order valence-corrected chi connectivity index (χ1v) is 17.0. The molecule has 38 heavy (non-hydrogen) atoms. The second-order valence-corrected chi connectivity index (χ2v) is 17.2. The monoisotopic (exact) mass is 522 g/mol. The Hall–Kier alpha value is -3.04. The maximum atomic E-state index is 6.53. The minimum Gasteiger partial charge on any atom is -0.543 e. The first-order valence-electron chi connectivity index (χ1n) is 14.1.